The Bertz CT molecular complexity index is 453. The molecule has 18 heavy (non-hydrogen) atoms. The molecule has 0 N–H and O–H groups in total. The molecule has 2 nitrogen and oxygen atoms in total. The number of carbonyl (C=O) groups excluding carboxylic acids is 1. The molecule has 0 heterocycles. The first-order valence-electron chi connectivity index (χ1n) is 6.20. The summed E-state index contributed by atoms with van der Waals surface area (Å²) in [5.74, 6) is 0.554. The molecule has 0 aliphatic heterocycles. The van der Waals surface area contributed by atoms with Crippen LogP contribution in [-0.2, 0) is 10.2 Å². The summed E-state index contributed by atoms with van der Waals surface area (Å²) in [4.78, 5) is 11.1. The number of hydrogen-bond donors (Lipinski definition) is 0. The van der Waals surface area contributed by atoms with E-state index in [1.54, 1.807) is 0 Å². The van der Waals surface area contributed by atoms with Gasteiger partial charge in [-0.3, -0.25) is 4.79 Å². The lowest BCUT2D eigenvalue weighted by Crippen LogP contribution is -2.13. The number of hydrogen-bond acceptors (Lipinski definition) is 2. The number of allylic oxidation sites excluding steroid dienone is 1. The van der Waals surface area contributed by atoms with Gasteiger partial charge in [-0.2, -0.15) is 0 Å². The molecule has 1 aromatic rings. The van der Waals surface area contributed by atoms with Gasteiger partial charge in [0, 0.05) is 6.92 Å². The Morgan fingerprint density at radius 2 is 1.94 bits per heavy atom. The van der Waals surface area contributed by atoms with Crippen LogP contribution < -0.4 is 4.74 Å². The van der Waals surface area contributed by atoms with E-state index in [9.17, 15) is 4.79 Å². The van der Waals surface area contributed by atoms with Crippen LogP contribution in [0.3, 0.4) is 0 Å². The zero-order valence-electron chi connectivity index (χ0n) is 11.9. The Hall–Kier alpha value is -1.57. The lowest BCUT2D eigenvalue weighted by atomic mass is 9.84. The van der Waals surface area contributed by atoms with E-state index in [0.29, 0.717) is 5.75 Å². The van der Waals surface area contributed by atoms with Gasteiger partial charge < -0.3 is 4.74 Å². The Balaban J connectivity index is 3.28. The maximum Gasteiger partial charge on any atom is 0.308 e. The van der Waals surface area contributed by atoms with Crippen LogP contribution in [0.4, 0.5) is 0 Å². The normalized spacial score (nSPS) is 12.9. The molecule has 0 amide bonds. The van der Waals surface area contributed by atoms with Gasteiger partial charge in [-0.1, -0.05) is 39.8 Å². The van der Waals surface area contributed by atoms with E-state index in [4.69, 9.17) is 4.74 Å². The maximum absolute atomic E-state index is 11.1. The second-order valence-electron chi connectivity index (χ2n) is 5.66. The Morgan fingerprint density at radius 1 is 1.33 bits per heavy atom. The summed E-state index contributed by atoms with van der Waals surface area (Å²) in [5.41, 5.74) is 2.30. The van der Waals surface area contributed by atoms with Crippen molar-refractivity contribution in [1.29, 1.82) is 0 Å². The highest BCUT2D eigenvalue weighted by Gasteiger charge is 2.17. The number of benzene rings is 1. The predicted octanol–water partition coefficient (Wildman–Crippen LogP) is 4.20. The topological polar surface area (TPSA) is 26.3 Å². The van der Waals surface area contributed by atoms with Crippen molar-refractivity contribution in [2.75, 3.05) is 0 Å². The van der Waals surface area contributed by atoms with Gasteiger partial charge in [0.1, 0.15) is 5.75 Å². The van der Waals surface area contributed by atoms with Crippen LogP contribution >= 0.6 is 0 Å². The number of ether oxygens (including phenoxy) is 1. The highest BCUT2D eigenvalue weighted by atomic mass is 16.5. The van der Waals surface area contributed by atoms with Crippen LogP contribution in [0, 0.1) is 0 Å². The van der Waals surface area contributed by atoms with E-state index in [-0.39, 0.29) is 17.3 Å². The van der Waals surface area contributed by atoms with E-state index < -0.39 is 0 Å². The van der Waals surface area contributed by atoms with Crippen molar-refractivity contribution in [3.8, 4) is 5.75 Å². The summed E-state index contributed by atoms with van der Waals surface area (Å²) < 4.78 is 5.21. The molecule has 1 atom stereocenters. The number of carbonyl (C=O) groups is 1. The number of rotatable bonds is 3. The first kappa shape index (κ1) is 14.5. The largest absolute Gasteiger partial charge is 0.427 e. The number of esters is 1. The van der Waals surface area contributed by atoms with Gasteiger partial charge in [0.2, 0.25) is 0 Å². The van der Waals surface area contributed by atoms with E-state index in [1.165, 1.54) is 6.92 Å². The van der Waals surface area contributed by atoms with Crippen molar-refractivity contribution >= 4 is 5.97 Å². The van der Waals surface area contributed by atoms with Crippen LogP contribution in [0.2, 0.25) is 0 Å². The lowest BCUT2D eigenvalue weighted by Gasteiger charge is -2.22. The average molecular weight is 246 g/mol. The molecule has 98 valence electrons. The summed E-state index contributed by atoms with van der Waals surface area (Å²) in [5, 5.41) is 0. The fourth-order valence-electron chi connectivity index (χ4n) is 1.68. The molecule has 0 bridgehead atoms. The smallest absolute Gasteiger partial charge is 0.308 e. The minimum atomic E-state index is -0.293. The van der Waals surface area contributed by atoms with Crippen molar-refractivity contribution < 1.29 is 9.53 Å². The van der Waals surface area contributed by atoms with E-state index >= 15 is 0 Å². The zero-order chi connectivity index (χ0) is 13.9. The van der Waals surface area contributed by atoms with Crippen molar-refractivity contribution in [3.63, 3.8) is 0 Å². The monoisotopic (exact) mass is 246 g/mol. The second-order valence-corrected chi connectivity index (χ2v) is 5.66. The first-order valence-corrected chi connectivity index (χ1v) is 6.20. The van der Waals surface area contributed by atoms with Gasteiger partial charge in [-0.15, -0.1) is 6.58 Å². The van der Waals surface area contributed by atoms with Crippen LogP contribution in [-0.4, -0.2) is 5.97 Å². The molecule has 1 rings (SSSR count). The van der Waals surface area contributed by atoms with Crippen LogP contribution in [0.5, 0.6) is 5.75 Å². The van der Waals surface area contributed by atoms with Crippen LogP contribution in [0.25, 0.3) is 0 Å². The van der Waals surface area contributed by atoms with Crippen molar-refractivity contribution in [3.05, 3.63) is 42.0 Å². The minimum Gasteiger partial charge on any atom is -0.427 e. The Kier molecular flexibility index (Phi) is 4.33. The standard InChI is InChI=1S/C16H22O2/c1-7-11(2)13-8-14(16(4,5)6)10-15(9-13)18-12(3)17/h7-11H,1H2,2-6H3. The molecule has 0 spiro atoms. The van der Waals surface area contributed by atoms with Crippen molar-refractivity contribution in [2.45, 2.75) is 46.0 Å². The van der Waals surface area contributed by atoms with Crippen LogP contribution in [0.1, 0.15) is 51.7 Å². The summed E-state index contributed by atoms with van der Waals surface area (Å²) >= 11 is 0. The van der Waals surface area contributed by atoms with E-state index in [0.717, 1.165) is 11.1 Å². The molecule has 2 heteroatoms. The molecular weight excluding hydrogens is 224 g/mol. The van der Waals surface area contributed by atoms with Crippen molar-refractivity contribution in [2.24, 2.45) is 0 Å². The lowest BCUT2D eigenvalue weighted by molar-refractivity contribution is -0.131. The molecular formula is C16H22O2. The molecule has 0 saturated heterocycles. The molecule has 0 radical (unpaired) electrons. The SMILES string of the molecule is C=CC(C)c1cc(OC(C)=O)cc(C(C)(C)C)c1. The summed E-state index contributed by atoms with van der Waals surface area (Å²) in [6.07, 6.45) is 1.89. The van der Waals surface area contributed by atoms with Gasteiger partial charge >= 0.3 is 5.97 Å². The fourth-order valence-corrected chi connectivity index (χ4v) is 1.68. The summed E-state index contributed by atoms with van der Waals surface area (Å²) in [6, 6.07) is 5.99. The zero-order valence-corrected chi connectivity index (χ0v) is 11.9. The van der Waals surface area contributed by atoms with Crippen molar-refractivity contribution in [1.82, 2.24) is 0 Å². The molecule has 1 unspecified atom stereocenters. The van der Waals surface area contributed by atoms with Gasteiger partial charge in [0.05, 0.1) is 0 Å². The quantitative estimate of drug-likeness (QED) is 0.454. The molecule has 0 fully saturated rings. The maximum atomic E-state index is 11.1. The summed E-state index contributed by atoms with van der Waals surface area (Å²) in [7, 11) is 0. The van der Waals surface area contributed by atoms with E-state index in [2.05, 4.69) is 40.3 Å². The molecule has 0 saturated carbocycles. The fraction of sp³-hybridized carbons (Fsp3) is 0.438. The van der Waals surface area contributed by atoms with Crippen LogP contribution in [0.15, 0.2) is 30.9 Å². The third-order valence-corrected chi connectivity index (χ3v) is 2.94. The van der Waals surface area contributed by atoms with Gasteiger partial charge in [-0.05, 0) is 34.6 Å². The van der Waals surface area contributed by atoms with Gasteiger partial charge in [-0.25, -0.2) is 0 Å². The van der Waals surface area contributed by atoms with Gasteiger partial charge in [0.25, 0.3) is 0 Å². The molecule has 0 aliphatic carbocycles. The third-order valence-electron chi connectivity index (χ3n) is 2.94. The van der Waals surface area contributed by atoms with Gasteiger partial charge in [0.15, 0.2) is 0 Å². The predicted molar refractivity (Wildman–Crippen MR) is 75.1 cm³/mol. The third kappa shape index (κ3) is 3.73. The second kappa shape index (κ2) is 5.38. The Morgan fingerprint density at radius 3 is 2.39 bits per heavy atom. The van der Waals surface area contributed by atoms with E-state index in [1.807, 2.05) is 18.2 Å². The highest BCUT2D eigenvalue weighted by Crippen LogP contribution is 2.30. The molecule has 1 aromatic carbocycles. The molecule has 0 aromatic heterocycles. The molecule has 0 aliphatic rings. The Labute approximate surface area is 110 Å². The minimum absolute atomic E-state index is 0.0196. The first-order chi connectivity index (χ1) is 8.24. The highest BCUT2D eigenvalue weighted by molar-refractivity contribution is 5.69. The average Bonchev–Trinajstić information content (AvgIpc) is 2.25. The summed E-state index contributed by atoms with van der Waals surface area (Å²) in [6.45, 7) is 13.7.